The van der Waals surface area contributed by atoms with Crippen molar-refractivity contribution in [3.8, 4) is 0 Å². The van der Waals surface area contributed by atoms with Crippen molar-refractivity contribution in [2.45, 2.75) is 168 Å². The number of rotatable bonds is 19. The lowest BCUT2D eigenvalue weighted by Crippen LogP contribution is -2.66. The van der Waals surface area contributed by atoms with Gasteiger partial charge in [-0.05, 0) is 75.5 Å². The molecule has 6 fully saturated rings. The largest absolute Gasteiger partial charge is 0.391 e. The van der Waals surface area contributed by atoms with E-state index >= 15 is 0 Å². The molecule has 6 rings (SSSR count). The molecule has 0 radical (unpaired) electrons. The molecule has 4 saturated carbocycles. The van der Waals surface area contributed by atoms with Gasteiger partial charge in [0.2, 0.25) is 41.4 Å². The van der Waals surface area contributed by atoms with Gasteiger partial charge in [-0.1, -0.05) is 61.8 Å². The third-order valence-corrected chi connectivity index (χ3v) is 14.6. The molecule has 16 heteroatoms. The number of nitrogens with zero attached hydrogens (tertiary/aromatic N) is 2. The van der Waals surface area contributed by atoms with E-state index in [1.54, 1.807) is 4.90 Å². The maximum atomic E-state index is 14.5. The molecule has 0 spiro atoms. The third-order valence-electron chi connectivity index (χ3n) is 14.6. The Balaban J connectivity index is 1.15. The first kappa shape index (κ1) is 45.4. The normalized spacial score (nSPS) is 33.4. The second-order valence-corrected chi connectivity index (χ2v) is 20.0. The number of ketones is 1. The van der Waals surface area contributed by atoms with Crippen LogP contribution in [0.2, 0.25) is 0 Å². The second kappa shape index (κ2) is 16.7. The monoisotopic (exact) mass is 840 g/mol. The fourth-order valence-electron chi connectivity index (χ4n) is 11.3. The zero-order chi connectivity index (χ0) is 44.4. The van der Waals surface area contributed by atoms with E-state index in [2.05, 4.69) is 26.6 Å². The van der Waals surface area contributed by atoms with Crippen LogP contribution < -0.4 is 26.6 Å². The fourth-order valence-corrected chi connectivity index (χ4v) is 11.3. The number of hydrogen-bond acceptors (Lipinski definition) is 9. The van der Waals surface area contributed by atoms with Gasteiger partial charge in [-0.3, -0.25) is 38.4 Å². The Morgan fingerprint density at radius 1 is 0.733 bits per heavy atom. The Labute approximate surface area is 354 Å². The van der Waals surface area contributed by atoms with Crippen molar-refractivity contribution < 1.29 is 43.5 Å². The summed E-state index contributed by atoms with van der Waals surface area (Å²) in [6.07, 6.45) is 2.84. The van der Waals surface area contributed by atoms with Gasteiger partial charge in [0.05, 0.1) is 12.1 Å². The zero-order valence-corrected chi connectivity index (χ0v) is 37.2. The molecule has 6 N–H and O–H groups in total. The molecule has 0 aromatic rings. The van der Waals surface area contributed by atoms with E-state index in [9.17, 15) is 43.5 Å². The number of likely N-dealkylation sites (tertiary alicyclic amines) is 2. The first-order chi connectivity index (χ1) is 28.1. The Morgan fingerprint density at radius 2 is 1.30 bits per heavy atom. The minimum atomic E-state index is -1.41. The van der Waals surface area contributed by atoms with Crippen molar-refractivity contribution in [2.24, 2.45) is 46.8 Å². The van der Waals surface area contributed by atoms with Gasteiger partial charge in [-0.2, -0.15) is 0 Å². The quantitative estimate of drug-likeness (QED) is 0.110. The van der Waals surface area contributed by atoms with Gasteiger partial charge in [0.25, 0.3) is 0 Å². The summed E-state index contributed by atoms with van der Waals surface area (Å²) < 4.78 is 0. The maximum absolute atomic E-state index is 14.5. The molecule has 2 saturated heterocycles. The summed E-state index contributed by atoms with van der Waals surface area (Å²) in [6.45, 7) is 18.9. The van der Waals surface area contributed by atoms with Gasteiger partial charge < -0.3 is 41.5 Å². The number of aliphatic hydroxyl groups excluding tert-OH is 1. The highest BCUT2D eigenvalue weighted by atomic mass is 16.3. The Morgan fingerprint density at radius 3 is 1.80 bits per heavy atom. The molecular weight excluding hydrogens is 771 g/mol. The Hall–Kier alpha value is -4.08. The van der Waals surface area contributed by atoms with Crippen LogP contribution in [0.1, 0.15) is 121 Å². The number of carbonyl (C=O) groups is 8. The zero-order valence-electron chi connectivity index (χ0n) is 37.2. The van der Waals surface area contributed by atoms with Gasteiger partial charge in [0.1, 0.15) is 35.2 Å². The smallest absolute Gasteiger partial charge is 0.247 e. The van der Waals surface area contributed by atoms with Crippen LogP contribution in [0.15, 0.2) is 0 Å². The highest BCUT2D eigenvalue weighted by Gasteiger charge is 2.92. The molecule has 4 aliphatic carbocycles. The van der Waals surface area contributed by atoms with Crippen molar-refractivity contribution >= 4 is 47.1 Å². The minimum Gasteiger partial charge on any atom is -0.391 e. The number of nitrogens with one attached hydrogen (secondary N) is 5. The molecule has 0 bridgehead atoms. The molecular formula is C44H69N7O9. The lowest BCUT2D eigenvalue weighted by Gasteiger charge is -2.36. The van der Waals surface area contributed by atoms with E-state index in [1.807, 2.05) is 55.4 Å². The third kappa shape index (κ3) is 7.82. The summed E-state index contributed by atoms with van der Waals surface area (Å²) in [5, 5.41) is 25.2. The van der Waals surface area contributed by atoms with E-state index in [0.29, 0.717) is 44.6 Å². The number of amides is 7. The molecule has 334 valence electrons. The summed E-state index contributed by atoms with van der Waals surface area (Å²) in [5.41, 5.74) is -2.77. The van der Waals surface area contributed by atoms with Crippen molar-refractivity contribution in [3.05, 3.63) is 0 Å². The van der Waals surface area contributed by atoms with Crippen molar-refractivity contribution in [1.29, 1.82) is 0 Å². The summed E-state index contributed by atoms with van der Waals surface area (Å²) >= 11 is 0. The Bertz CT molecular complexity index is 1760. The van der Waals surface area contributed by atoms with Crippen molar-refractivity contribution in [2.75, 3.05) is 13.1 Å². The fraction of sp³-hybridized carbons (Fsp3) is 0.818. The second-order valence-electron chi connectivity index (χ2n) is 20.0. The van der Waals surface area contributed by atoms with Gasteiger partial charge in [0, 0.05) is 43.2 Å². The average molecular weight is 840 g/mol. The average Bonchev–Trinajstić information content (AvgIpc) is 4.13. The van der Waals surface area contributed by atoms with Crippen molar-refractivity contribution in [3.63, 3.8) is 0 Å². The standard InChI is InChI=1S/C44H69N7O9/c1-11-15-29(54)48-43(30-25(12-2)31(30)43)40(59)47-33(24(8)53)37(56)49-44(34-35(44)42(34,9)10)41(60)45-26(20-21(3)4)38(57)51-19-14-17-28(51)36(55)46-32(22(5)6)39(58)50-18-13-16-27(50)23(7)52/h21-22,24-28,30-35,53H,11-20H2,1-10H3,(H,45,60)(H,46,55)(H,47,59)(H,48,54)(H,49,56). The molecule has 60 heavy (non-hydrogen) atoms. The molecule has 0 aromatic heterocycles. The number of carbonyl (C=O) groups excluding carboxylic acids is 8. The summed E-state index contributed by atoms with van der Waals surface area (Å²) in [5.74, 6) is -3.95. The molecule has 7 amide bonds. The van der Waals surface area contributed by atoms with Gasteiger partial charge in [-0.25, -0.2) is 0 Å². The van der Waals surface area contributed by atoms with Crippen LogP contribution in [-0.2, 0) is 38.4 Å². The minimum absolute atomic E-state index is 0.0266. The topological polar surface area (TPSA) is 223 Å². The number of fused-ring (bicyclic) bond motifs is 2. The van der Waals surface area contributed by atoms with Crippen LogP contribution in [0.4, 0.5) is 0 Å². The van der Waals surface area contributed by atoms with Crippen LogP contribution in [0.3, 0.4) is 0 Å². The SMILES string of the molecule is CCCC(=O)NC1(C(=O)NC(C(=O)NC2(C(=O)NC(CC(C)C)C(=O)N3CCCC3C(=O)NC(C(=O)N3CCCC3C(C)=O)C(C)C)C3C2C3(C)C)C(C)O)C2C(CC)C21. The van der Waals surface area contributed by atoms with Crippen LogP contribution in [0, 0.1) is 46.8 Å². The van der Waals surface area contributed by atoms with E-state index in [0.717, 1.165) is 6.42 Å². The predicted octanol–water partition coefficient (Wildman–Crippen LogP) is 1.18. The molecule has 0 aromatic carbocycles. The molecule has 10 atom stereocenters. The summed E-state index contributed by atoms with van der Waals surface area (Å²) in [6, 6.07) is -4.73. The molecule has 2 heterocycles. The van der Waals surface area contributed by atoms with Gasteiger partial charge in [-0.15, -0.1) is 0 Å². The molecule has 2 aliphatic heterocycles. The number of hydrogen-bond donors (Lipinski definition) is 6. The summed E-state index contributed by atoms with van der Waals surface area (Å²) in [4.78, 5) is 112. The van der Waals surface area contributed by atoms with E-state index in [1.165, 1.54) is 18.7 Å². The Kier molecular flexibility index (Phi) is 12.6. The van der Waals surface area contributed by atoms with Crippen LogP contribution >= 0.6 is 0 Å². The highest BCUT2D eigenvalue weighted by Crippen LogP contribution is 2.83. The first-order valence-corrected chi connectivity index (χ1v) is 22.5. The molecule has 16 nitrogen and oxygen atoms in total. The van der Waals surface area contributed by atoms with Gasteiger partial charge in [0.15, 0.2) is 5.78 Å². The highest BCUT2D eigenvalue weighted by molar-refractivity contribution is 6.04. The van der Waals surface area contributed by atoms with Crippen molar-refractivity contribution in [1.82, 2.24) is 36.4 Å². The predicted molar refractivity (Wildman–Crippen MR) is 220 cm³/mol. The van der Waals surface area contributed by atoms with E-state index < -0.39 is 76.9 Å². The van der Waals surface area contributed by atoms with Crippen LogP contribution in [0.25, 0.3) is 0 Å². The molecule has 10 unspecified atom stereocenters. The lowest BCUT2D eigenvalue weighted by atomic mass is 9.85. The number of Topliss-reactive ketones (excluding diaryl/α,β-unsaturated/α-hetero) is 1. The lowest BCUT2D eigenvalue weighted by molar-refractivity contribution is -0.145. The first-order valence-electron chi connectivity index (χ1n) is 22.5. The van der Waals surface area contributed by atoms with Crippen LogP contribution in [0.5, 0.6) is 0 Å². The maximum Gasteiger partial charge on any atom is 0.247 e. The van der Waals surface area contributed by atoms with Gasteiger partial charge >= 0.3 is 0 Å². The van der Waals surface area contributed by atoms with E-state index in [4.69, 9.17) is 0 Å². The van der Waals surface area contributed by atoms with E-state index in [-0.39, 0.29) is 77.9 Å². The molecule has 6 aliphatic rings. The summed E-state index contributed by atoms with van der Waals surface area (Å²) in [7, 11) is 0. The van der Waals surface area contributed by atoms with Crippen LogP contribution in [-0.4, -0.2) is 123 Å². The number of aliphatic hydroxyl groups is 1.